The number of sulfonamides is 1. The summed E-state index contributed by atoms with van der Waals surface area (Å²) >= 11 is 0. The standard InChI is InChI=1S/C9H15N3O3S/c1-7-10-5-8(11-7)16(13,14)12-9(2)3-4-15-6-9/h5,12H,3-4,6H2,1-2H3,(H,10,11). The molecule has 1 unspecified atom stereocenters. The van der Waals surface area contributed by atoms with E-state index in [0.29, 0.717) is 25.5 Å². The SMILES string of the molecule is Cc1ncc(S(=O)(=O)NC2(C)CCOC2)[nH]1. The van der Waals surface area contributed by atoms with E-state index in [9.17, 15) is 8.42 Å². The summed E-state index contributed by atoms with van der Waals surface area (Å²) in [6.07, 6.45) is 2.00. The number of imidazole rings is 1. The topological polar surface area (TPSA) is 84.1 Å². The molecule has 1 atom stereocenters. The molecule has 1 aromatic rings. The highest BCUT2D eigenvalue weighted by Crippen LogP contribution is 2.20. The maximum Gasteiger partial charge on any atom is 0.258 e. The van der Waals surface area contributed by atoms with Crippen LogP contribution >= 0.6 is 0 Å². The molecule has 2 heterocycles. The highest BCUT2D eigenvalue weighted by molar-refractivity contribution is 7.89. The maximum atomic E-state index is 12.0. The van der Waals surface area contributed by atoms with E-state index < -0.39 is 15.6 Å². The summed E-state index contributed by atoms with van der Waals surface area (Å²) in [5, 5.41) is 0.0955. The summed E-state index contributed by atoms with van der Waals surface area (Å²) in [7, 11) is -3.53. The number of nitrogens with one attached hydrogen (secondary N) is 2. The first kappa shape index (κ1) is 11.6. The zero-order valence-electron chi connectivity index (χ0n) is 9.28. The van der Waals surface area contributed by atoms with Crippen molar-refractivity contribution in [2.24, 2.45) is 0 Å². The van der Waals surface area contributed by atoms with Gasteiger partial charge >= 0.3 is 0 Å². The first-order valence-electron chi connectivity index (χ1n) is 5.05. The number of aromatic nitrogens is 2. The molecule has 0 amide bonds. The molecule has 7 heteroatoms. The van der Waals surface area contributed by atoms with Crippen LogP contribution in [0.1, 0.15) is 19.2 Å². The van der Waals surface area contributed by atoms with Crippen LogP contribution in [0.2, 0.25) is 0 Å². The van der Waals surface area contributed by atoms with E-state index in [4.69, 9.17) is 4.74 Å². The Morgan fingerprint density at radius 3 is 2.88 bits per heavy atom. The Morgan fingerprint density at radius 2 is 2.38 bits per heavy atom. The molecule has 0 radical (unpaired) electrons. The normalized spacial score (nSPS) is 26.1. The second-order valence-electron chi connectivity index (χ2n) is 4.30. The fraction of sp³-hybridized carbons (Fsp3) is 0.667. The van der Waals surface area contributed by atoms with E-state index in [-0.39, 0.29) is 5.03 Å². The summed E-state index contributed by atoms with van der Waals surface area (Å²) in [4.78, 5) is 6.58. The van der Waals surface area contributed by atoms with Crippen molar-refractivity contribution in [3.63, 3.8) is 0 Å². The van der Waals surface area contributed by atoms with Gasteiger partial charge in [-0.3, -0.25) is 0 Å². The van der Waals surface area contributed by atoms with Gasteiger partial charge in [-0.1, -0.05) is 0 Å². The Labute approximate surface area is 94.5 Å². The molecular weight excluding hydrogens is 230 g/mol. The monoisotopic (exact) mass is 245 g/mol. The largest absolute Gasteiger partial charge is 0.379 e. The van der Waals surface area contributed by atoms with Gasteiger partial charge in [0.05, 0.1) is 18.3 Å². The van der Waals surface area contributed by atoms with E-state index in [2.05, 4.69) is 14.7 Å². The molecule has 0 aliphatic carbocycles. The van der Waals surface area contributed by atoms with Gasteiger partial charge in [-0.25, -0.2) is 18.1 Å². The van der Waals surface area contributed by atoms with Crippen molar-refractivity contribution in [1.82, 2.24) is 14.7 Å². The van der Waals surface area contributed by atoms with Gasteiger partial charge in [0.25, 0.3) is 10.0 Å². The van der Waals surface area contributed by atoms with E-state index in [0.717, 1.165) is 0 Å². The molecule has 2 rings (SSSR count). The molecule has 1 aliphatic rings. The van der Waals surface area contributed by atoms with Gasteiger partial charge in [-0.15, -0.1) is 0 Å². The van der Waals surface area contributed by atoms with Crippen molar-refractivity contribution >= 4 is 10.0 Å². The minimum atomic E-state index is -3.53. The number of aryl methyl sites for hydroxylation is 1. The van der Waals surface area contributed by atoms with Gasteiger partial charge in [0.1, 0.15) is 5.82 Å². The Bertz CT molecular complexity index is 474. The Morgan fingerprint density at radius 1 is 1.62 bits per heavy atom. The molecule has 0 saturated carbocycles. The van der Waals surface area contributed by atoms with E-state index in [1.165, 1.54) is 6.20 Å². The minimum absolute atomic E-state index is 0.0955. The fourth-order valence-corrected chi connectivity index (χ4v) is 3.06. The van der Waals surface area contributed by atoms with Crippen molar-refractivity contribution in [2.45, 2.75) is 30.8 Å². The van der Waals surface area contributed by atoms with Crippen LogP contribution < -0.4 is 4.72 Å². The number of hydrogen-bond donors (Lipinski definition) is 2. The first-order valence-corrected chi connectivity index (χ1v) is 6.53. The van der Waals surface area contributed by atoms with Gasteiger partial charge in [0.2, 0.25) is 0 Å². The predicted molar refractivity (Wildman–Crippen MR) is 57.5 cm³/mol. The number of hydrogen-bond acceptors (Lipinski definition) is 4. The Hall–Kier alpha value is -0.920. The minimum Gasteiger partial charge on any atom is -0.379 e. The summed E-state index contributed by atoms with van der Waals surface area (Å²) < 4.78 is 31.8. The number of rotatable bonds is 3. The zero-order chi connectivity index (χ0) is 11.8. The van der Waals surface area contributed by atoms with Crippen LogP contribution in [-0.4, -0.2) is 37.1 Å². The number of aromatic amines is 1. The van der Waals surface area contributed by atoms with Gasteiger partial charge < -0.3 is 9.72 Å². The van der Waals surface area contributed by atoms with Crippen LogP contribution in [0.5, 0.6) is 0 Å². The fourth-order valence-electron chi connectivity index (χ4n) is 1.66. The van der Waals surface area contributed by atoms with E-state index in [1.54, 1.807) is 6.92 Å². The molecule has 1 saturated heterocycles. The quantitative estimate of drug-likeness (QED) is 0.795. The van der Waals surface area contributed by atoms with Crippen LogP contribution in [0, 0.1) is 6.92 Å². The summed E-state index contributed by atoms with van der Waals surface area (Å²) in [5.41, 5.74) is -0.516. The molecule has 6 nitrogen and oxygen atoms in total. The first-order chi connectivity index (χ1) is 7.41. The van der Waals surface area contributed by atoms with Gasteiger partial charge in [-0.2, -0.15) is 0 Å². The molecule has 2 N–H and O–H groups in total. The third-order valence-electron chi connectivity index (χ3n) is 2.57. The predicted octanol–water partition coefficient (Wildman–Crippen LogP) is 0.175. The lowest BCUT2D eigenvalue weighted by atomic mass is 10.0. The summed E-state index contributed by atoms with van der Waals surface area (Å²) in [6, 6.07) is 0. The van der Waals surface area contributed by atoms with Crippen LogP contribution in [0.15, 0.2) is 11.2 Å². The van der Waals surface area contributed by atoms with Crippen LogP contribution in [0.3, 0.4) is 0 Å². The van der Waals surface area contributed by atoms with Gasteiger partial charge in [0, 0.05) is 6.61 Å². The average molecular weight is 245 g/mol. The third kappa shape index (κ3) is 2.26. The molecule has 1 aromatic heterocycles. The van der Waals surface area contributed by atoms with Gasteiger partial charge in [-0.05, 0) is 20.3 Å². The Kier molecular flexibility index (Phi) is 2.77. The Balaban J connectivity index is 2.20. The molecule has 90 valence electrons. The summed E-state index contributed by atoms with van der Waals surface area (Å²) in [5.74, 6) is 0.577. The van der Waals surface area contributed by atoms with Crippen molar-refractivity contribution in [2.75, 3.05) is 13.2 Å². The molecule has 0 spiro atoms. The van der Waals surface area contributed by atoms with Crippen LogP contribution in [-0.2, 0) is 14.8 Å². The zero-order valence-corrected chi connectivity index (χ0v) is 10.1. The molecule has 0 aromatic carbocycles. The van der Waals surface area contributed by atoms with Crippen molar-refractivity contribution < 1.29 is 13.2 Å². The second kappa shape index (κ2) is 3.83. The lowest BCUT2D eigenvalue weighted by Gasteiger charge is -2.22. The maximum absolute atomic E-state index is 12.0. The van der Waals surface area contributed by atoms with E-state index >= 15 is 0 Å². The van der Waals surface area contributed by atoms with Crippen LogP contribution in [0.25, 0.3) is 0 Å². The molecule has 1 fully saturated rings. The van der Waals surface area contributed by atoms with Gasteiger partial charge in [0.15, 0.2) is 5.03 Å². The molecule has 0 bridgehead atoms. The second-order valence-corrected chi connectivity index (χ2v) is 5.95. The van der Waals surface area contributed by atoms with Crippen LogP contribution in [0.4, 0.5) is 0 Å². The molecular formula is C9H15N3O3S. The van der Waals surface area contributed by atoms with E-state index in [1.807, 2.05) is 6.92 Å². The van der Waals surface area contributed by atoms with Crippen molar-refractivity contribution in [3.8, 4) is 0 Å². The van der Waals surface area contributed by atoms with Crippen molar-refractivity contribution in [1.29, 1.82) is 0 Å². The third-order valence-corrected chi connectivity index (χ3v) is 4.12. The highest BCUT2D eigenvalue weighted by atomic mass is 32.2. The molecule has 1 aliphatic heterocycles. The van der Waals surface area contributed by atoms with Crippen molar-refractivity contribution in [3.05, 3.63) is 12.0 Å². The number of nitrogens with zero attached hydrogens (tertiary/aromatic N) is 1. The summed E-state index contributed by atoms with van der Waals surface area (Å²) in [6.45, 7) is 4.53. The highest BCUT2D eigenvalue weighted by Gasteiger charge is 2.35. The lowest BCUT2D eigenvalue weighted by Crippen LogP contribution is -2.46. The smallest absolute Gasteiger partial charge is 0.258 e. The number of H-pyrrole nitrogens is 1. The average Bonchev–Trinajstić information content (AvgIpc) is 2.74. The molecule has 16 heavy (non-hydrogen) atoms. The number of ether oxygens (including phenoxy) is 1. The lowest BCUT2D eigenvalue weighted by molar-refractivity contribution is 0.178.